The number of amides is 3. The number of tetrazole rings is 1. The maximum absolute atomic E-state index is 16.0. The lowest BCUT2D eigenvalue weighted by molar-refractivity contribution is 0.0526. The van der Waals surface area contributed by atoms with Gasteiger partial charge in [-0.2, -0.15) is 9.10 Å². The van der Waals surface area contributed by atoms with Crippen molar-refractivity contribution >= 4 is 38.0 Å². The molecule has 0 unspecified atom stereocenters. The second kappa shape index (κ2) is 22.7. The lowest BCUT2D eigenvalue weighted by Crippen LogP contribution is -2.38. The minimum atomic E-state index is -5.05. The van der Waals surface area contributed by atoms with E-state index in [2.05, 4.69) is 26.0 Å². The lowest BCUT2D eigenvalue weighted by Gasteiger charge is -2.26. The molecule has 5 aromatic carbocycles. The Hall–Kier alpha value is -7.56. The number of carbonyl (C=O) groups excluding carboxylic acids is 2. The first-order valence-corrected chi connectivity index (χ1v) is 24.8. The first-order valence-electron chi connectivity index (χ1n) is 21.7. The van der Waals surface area contributed by atoms with Crippen LogP contribution in [-0.4, -0.2) is 117 Å². The van der Waals surface area contributed by atoms with Crippen molar-refractivity contribution in [3.63, 3.8) is 0 Å². The third-order valence-corrected chi connectivity index (χ3v) is 14.2. The lowest BCUT2D eigenvalue weighted by atomic mass is 9.94. The minimum Gasteiger partial charge on any atom is -0.497 e. The number of hydrogen-bond donors (Lipinski definition) is 4. The van der Waals surface area contributed by atoms with Gasteiger partial charge >= 0.3 is 12.2 Å². The molecule has 0 saturated carbocycles. The molecule has 0 spiro atoms. The Morgan fingerprint density at radius 2 is 1.21 bits per heavy atom. The van der Waals surface area contributed by atoms with Crippen LogP contribution in [0.5, 0.6) is 17.2 Å². The summed E-state index contributed by atoms with van der Waals surface area (Å²) in [5.41, 5.74) is 0.921. The molecule has 0 bridgehead atoms. The number of nitrogens with one attached hydrogen (secondary N) is 3. The van der Waals surface area contributed by atoms with Crippen LogP contribution in [0.3, 0.4) is 0 Å². The molecular weight excluding hydrogens is 945 g/mol. The highest BCUT2D eigenvalue weighted by molar-refractivity contribution is 7.93. The molecule has 0 radical (unpaired) electrons. The number of rotatable bonds is 21. The standard InChI is InChI=1S/C48H54N8O12S2/c1-48(2,3)68-47(60)51-26-25-49-45(57)40-10-8-7-9-38(40)39-23-24-41(69(61,62)28-27-50-46(58)59)43(42(39)44-52-54-56(53-44)31-34-15-21-37(67-6)22-16-34)70(63,64)55(29-32-11-17-35(65-4)18-12-32)30-33-13-19-36(66-5)20-14-33/h7-24,50H,25-31H2,1-6H3,(H,49,57)(H,51,60)(H,58,59). The van der Waals surface area contributed by atoms with E-state index in [0.717, 1.165) is 10.4 Å². The van der Waals surface area contributed by atoms with Crippen molar-refractivity contribution < 1.29 is 55.3 Å². The Labute approximate surface area is 405 Å². The third-order valence-electron chi connectivity index (χ3n) is 10.4. The second-order valence-corrected chi connectivity index (χ2v) is 20.5. The number of aromatic nitrogens is 4. The molecule has 4 N–H and O–H groups in total. The maximum Gasteiger partial charge on any atom is 0.407 e. The monoisotopic (exact) mass is 998 g/mol. The smallest absolute Gasteiger partial charge is 0.407 e. The van der Waals surface area contributed by atoms with Gasteiger partial charge in [-0.25, -0.2) is 26.4 Å². The molecule has 3 amide bonds. The molecule has 0 saturated heterocycles. The van der Waals surface area contributed by atoms with Gasteiger partial charge in [0.05, 0.1) is 44.1 Å². The summed E-state index contributed by atoms with van der Waals surface area (Å²) in [6.07, 6.45) is -2.17. The van der Waals surface area contributed by atoms with Crippen LogP contribution in [0, 0.1) is 0 Å². The van der Waals surface area contributed by atoms with E-state index in [-0.39, 0.29) is 60.8 Å². The molecule has 0 aliphatic carbocycles. The average Bonchev–Trinajstić information content (AvgIpc) is 3.80. The van der Waals surface area contributed by atoms with E-state index in [4.69, 9.17) is 18.9 Å². The highest BCUT2D eigenvalue weighted by atomic mass is 32.2. The summed E-state index contributed by atoms with van der Waals surface area (Å²) in [5.74, 6) is -0.151. The summed E-state index contributed by atoms with van der Waals surface area (Å²) in [4.78, 5) is 37.7. The Morgan fingerprint density at radius 3 is 1.76 bits per heavy atom. The van der Waals surface area contributed by atoms with Crippen LogP contribution in [0.4, 0.5) is 9.59 Å². The van der Waals surface area contributed by atoms with Crippen LogP contribution in [-0.2, 0) is 44.2 Å². The molecule has 6 rings (SSSR count). The number of sulfone groups is 1. The average molecular weight is 999 g/mol. The second-order valence-electron chi connectivity index (χ2n) is 16.6. The molecule has 1 heterocycles. The summed E-state index contributed by atoms with van der Waals surface area (Å²) in [6.45, 7) is 4.00. The first kappa shape index (κ1) is 51.8. The predicted molar refractivity (Wildman–Crippen MR) is 258 cm³/mol. The zero-order chi connectivity index (χ0) is 50.6. The van der Waals surface area contributed by atoms with Gasteiger partial charge < -0.3 is 40.0 Å². The molecule has 0 fully saturated rings. The van der Waals surface area contributed by atoms with Gasteiger partial charge in [0.15, 0.2) is 9.84 Å². The van der Waals surface area contributed by atoms with E-state index in [1.165, 1.54) is 38.3 Å². The topological polar surface area (TPSA) is 260 Å². The SMILES string of the molecule is COc1ccc(CN(Cc2ccc(OC)cc2)S(=O)(=O)c2c(S(=O)(=O)CCNC(=O)O)ccc(-c3ccccc3C(=O)NCCNC(=O)OC(C)(C)C)c2-c2nnn(Cc3ccc(OC)cc3)n2)cc1. The van der Waals surface area contributed by atoms with E-state index in [1.54, 1.807) is 112 Å². The number of carbonyl (C=O) groups is 3. The van der Waals surface area contributed by atoms with Gasteiger partial charge in [-0.1, -0.05) is 60.7 Å². The van der Waals surface area contributed by atoms with Crippen LogP contribution in [0.2, 0.25) is 0 Å². The minimum absolute atomic E-state index is 0.000794. The molecule has 370 valence electrons. The molecule has 6 aromatic rings. The number of ether oxygens (including phenoxy) is 4. The molecule has 20 nitrogen and oxygen atoms in total. The number of alkyl carbamates (subject to hydrolysis) is 1. The van der Waals surface area contributed by atoms with Crippen LogP contribution >= 0.6 is 0 Å². The van der Waals surface area contributed by atoms with Crippen molar-refractivity contribution in [3.8, 4) is 39.8 Å². The summed E-state index contributed by atoms with van der Waals surface area (Å²) in [5, 5.41) is 30.0. The fraction of sp³-hybridized carbons (Fsp3) is 0.292. The van der Waals surface area contributed by atoms with Gasteiger partial charge in [-0.05, 0) is 102 Å². The van der Waals surface area contributed by atoms with Crippen LogP contribution in [0.15, 0.2) is 119 Å². The summed E-state index contributed by atoms with van der Waals surface area (Å²) in [7, 11) is -5.23. The van der Waals surface area contributed by atoms with Gasteiger partial charge in [-0.15, -0.1) is 10.2 Å². The predicted octanol–water partition coefficient (Wildman–Crippen LogP) is 5.77. The molecule has 0 aliphatic rings. The summed E-state index contributed by atoms with van der Waals surface area (Å²) in [6, 6.07) is 29.1. The van der Waals surface area contributed by atoms with Gasteiger partial charge in [0.1, 0.15) is 27.7 Å². The van der Waals surface area contributed by atoms with E-state index in [0.29, 0.717) is 33.9 Å². The highest BCUT2D eigenvalue weighted by Crippen LogP contribution is 2.42. The van der Waals surface area contributed by atoms with Crippen molar-refractivity contribution in [2.75, 3.05) is 46.7 Å². The Morgan fingerprint density at radius 1 is 0.671 bits per heavy atom. The van der Waals surface area contributed by atoms with Crippen molar-refractivity contribution in [2.45, 2.75) is 55.8 Å². The van der Waals surface area contributed by atoms with E-state index in [9.17, 15) is 27.9 Å². The van der Waals surface area contributed by atoms with E-state index >= 15 is 8.42 Å². The van der Waals surface area contributed by atoms with E-state index in [1.807, 2.05) is 5.32 Å². The van der Waals surface area contributed by atoms with Crippen molar-refractivity contribution in [1.29, 1.82) is 0 Å². The first-order chi connectivity index (χ1) is 33.3. The van der Waals surface area contributed by atoms with Gasteiger partial charge in [-0.3, -0.25) is 4.79 Å². The molecule has 0 aliphatic heterocycles. The van der Waals surface area contributed by atoms with Gasteiger partial charge in [0.2, 0.25) is 15.8 Å². The largest absolute Gasteiger partial charge is 0.497 e. The number of methoxy groups -OCH3 is 3. The summed E-state index contributed by atoms with van der Waals surface area (Å²) < 4.78 is 83.6. The van der Waals surface area contributed by atoms with E-state index < -0.39 is 65.6 Å². The van der Waals surface area contributed by atoms with Gasteiger partial charge in [0.25, 0.3) is 5.91 Å². The van der Waals surface area contributed by atoms with Crippen molar-refractivity contribution in [2.24, 2.45) is 0 Å². The van der Waals surface area contributed by atoms with Crippen LogP contribution < -0.4 is 30.2 Å². The van der Waals surface area contributed by atoms with Crippen molar-refractivity contribution in [3.05, 3.63) is 131 Å². The molecule has 1 aromatic heterocycles. The van der Waals surface area contributed by atoms with Crippen molar-refractivity contribution in [1.82, 2.24) is 40.5 Å². The maximum atomic E-state index is 16.0. The Kier molecular flexibility index (Phi) is 16.8. The fourth-order valence-corrected chi connectivity index (χ4v) is 10.7. The van der Waals surface area contributed by atoms with Crippen LogP contribution in [0.1, 0.15) is 47.8 Å². The normalized spacial score (nSPS) is 11.7. The Bertz CT molecular complexity index is 2970. The van der Waals surface area contributed by atoms with Crippen LogP contribution in [0.25, 0.3) is 22.5 Å². The number of nitrogens with zero attached hydrogens (tertiary/aromatic N) is 5. The zero-order valence-corrected chi connectivity index (χ0v) is 41.0. The number of benzene rings is 5. The Balaban J connectivity index is 1.59. The molecular formula is C48H54N8O12S2. The number of carboxylic acid groups (broad SMARTS) is 1. The highest BCUT2D eigenvalue weighted by Gasteiger charge is 2.38. The quantitative estimate of drug-likeness (QED) is 0.0625. The molecule has 0 atom stereocenters. The summed E-state index contributed by atoms with van der Waals surface area (Å²) >= 11 is 0. The molecule has 22 heteroatoms. The van der Waals surface area contributed by atoms with Gasteiger partial charge in [0, 0.05) is 38.3 Å². The fourth-order valence-electron chi connectivity index (χ4n) is 7.11. The number of hydrogen-bond acceptors (Lipinski definition) is 14. The number of sulfonamides is 1. The molecule has 70 heavy (non-hydrogen) atoms. The third kappa shape index (κ3) is 13.4. The zero-order valence-electron chi connectivity index (χ0n) is 39.3.